The van der Waals surface area contributed by atoms with Gasteiger partial charge in [0, 0.05) is 22.9 Å². The molecule has 0 unspecified atom stereocenters. The second-order valence-electron chi connectivity index (χ2n) is 6.35. The minimum atomic E-state index is -0.497. The van der Waals surface area contributed by atoms with E-state index in [-0.39, 0.29) is 5.57 Å². The zero-order valence-corrected chi connectivity index (χ0v) is 16.2. The van der Waals surface area contributed by atoms with Crippen LogP contribution in [0, 0.1) is 11.3 Å². The van der Waals surface area contributed by atoms with Gasteiger partial charge in [0.05, 0.1) is 11.2 Å². The molecule has 2 aromatic heterocycles. The van der Waals surface area contributed by atoms with Crippen molar-refractivity contribution in [2.24, 2.45) is 0 Å². The van der Waals surface area contributed by atoms with Gasteiger partial charge in [0.15, 0.2) is 5.13 Å². The lowest BCUT2D eigenvalue weighted by Crippen LogP contribution is -2.13. The summed E-state index contributed by atoms with van der Waals surface area (Å²) in [7, 11) is 0. The van der Waals surface area contributed by atoms with Crippen molar-refractivity contribution in [3.63, 3.8) is 0 Å². The van der Waals surface area contributed by atoms with E-state index in [0.29, 0.717) is 10.8 Å². The predicted octanol–water partition coefficient (Wildman–Crippen LogP) is 4.83. The minimum absolute atomic E-state index is 0.0207. The molecule has 0 aliphatic carbocycles. The molecule has 0 saturated carbocycles. The molecule has 0 saturated heterocycles. The molecule has 29 heavy (non-hydrogen) atoms. The number of aromatic nitrogens is 2. The van der Waals surface area contributed by atoms with Crippen LogP contribution in [0.3, 0.4) is 0 Å². The van der Waals surface area contributed by atoms with Gasteiger partial charge in [-0.05, 0) is 23.8 Å². The molecule has 0 radical (unpaired) electrons. The SMILES string of the molecule is N#CC(=Cc1ccc2ccccc2n1)C(=O)Nc1ncc(Cc2ccccc2)s1. The Balaban J connectivity index is 1.49. The van der Waals surface area contributed by atoms with E-state index in [1.54, 1.807) is 12.3 Å². The van der Waals surface area contributed by atoms with Crippen molar-refractivity contribution in [1.82, 2.24) is 9.97 Å². The third-order valence-corrected chi connectivity index (χ3v) is 5.19. The van der Waals surface area contributed by atoms with Crippen molar-refractivity contribution in [3.8, 4) is 6.07 Å². The molecule has 0 aliphatic rings. The number of nitrogens with zero attached hydrogens (tertiary/aromatic N) is 3. The molecule has 0 fully saturated rings. The molecule has 4 aromatic rings. The van der Waals surface area contributed by atoms with Gasteiger partial charge in [0.1, 0.15) is 11.6 Å². The molecule has 5 nitrogen and oxygen atoms in total. The highest BCUT2D eigenvalue weighted by Gasteiger charge is 2.13. The number of nitrogens with one attached hydrogen (secondary N) is 1. The molecular weight excluding hydrogens is 380 g/mol. The number of anilines is 1. The number of hydrogen-bond acceptors (Lipinski definition) is 5. The summed E-state index contributed by atoms with van der Waals surface area (Å²) >= 11 is 1.40. The minimum Gasteiger partial charge on any atom is -0.297 e. The number of pyridine rings is 1. The molecule has 0 aliphatic heterocycles. The van der Waals surface area contributed by atoms with Gasteiger partial charge in [-0.25, -0.2) is 9.97 Å². The van der Waals surface area contributed by atoms with E-state index >= 15 is 0 Å². The maximum absolute atomic E-state index is 12.5. The first-order valence-corrected chi connectivity index (χ1v) is 9.80. The molecule has 140 valence electrons. The number of nitriles is 1. The summed E-state index contributed by atoms with van der Waals surface area (Å²) in [5, 5.41) is 13.6. The van der Waals surface area contributed by atoms with E-state index < -0.39 is 5.91 Å². The van der Waals surface area contributed by atoms with Crippen LogP contribution in [0.15, 0.2) is 78.5 Å². The van der Waals surface area contributed by atoms with Gasteiger partial charge in [-0.3, -0.25) is 10.1 Å². The van der Waals surface area contributed by atoms with E-state index in [1.807, 2.05) is 66.7 Å². The van der Waals surface area contributed by atoms with E-state index in [1.165, 1.54) is 23.0 Å². The molecule has 6 heteroatoms. The normalized spacial score (nSPS) is 11.2. The van der Waals surface area contributed by atoms with Crippen LogP contribution in [0.5, 0.6) is 0 Å². The first-order valence-electron chi connectivity index (χ1n) is 8.99. The molecule has 4 rings (SSSR count). The monoisotopic (exact) mass is 396 g/mol. The van der Waals surface area contributed by atoms with Crippen LogP contribution in [0.2, 0.25) is 0 Å². The fourth-order valence-corrected chi connectivity index (χ4v) is 3.71. The van der Waals surface area contributed by atoms with E-state index in [0.717, 1.165) is 22.2 Å². The fourth-order valence-electron chi connectivity index (χ4n) is 2.87. The van der Waals surface area contributed by atoms with Crippen LogP contribution in [-0.2, 0) is 11.2 Å². The molecule has 1 N–H and O–H groups in total. The summed E-state index contributed by atoms with van der Waals surface area (Å²) in [5.74, 6) is -0.497. The Kier molecular flexibility index (Phi) is 5.41. The van der Waals surface area contributed by atoms with Crippen LogP contribution in [0.1, 0.15) is 16.1 Å². The van der Waals surface area contributed by atoms with E-state index in [9.17, 15) is 10.1 Å². The highest BCUT2D eigenvalue weighted by Crippen LogP contribution is 2.22. The summed E-state index contributed by atoms with van der Waals surface area (Å²) in [6.07, 6.45) is 3.98. The highest BCUT2D eigenvalue weighted by atomic mass is 32.1. The Hall–Kier alpha value is -3.82. The molecule has 2 aromatic carbocycles. The van der Waals surface area contributed by atoms with Crippen molar-refractivity contribution < 1.29 is 4.79 Å². The Morgan fingerprint density at radius 2 is 1.86 bits per heavy atom. The molecule has 0 bridgehead atoms. The molecule has 0 spiro atoms. The van der Waals surface area contributed by atoms with Crippen LogP contribution >= 0.6 is 11.3 Å². The zero-order valence-electron chi connectivity index (χ0n) is 15.4. The third-order valence-electron chi connectivity index (χ3n) is 4.27. The average molecular weight is 396 g/mol. The summed E-state index contributed by atoms with van der Waals surface area (Å²) in [6.45, 7) is 0. The summed E-state index contributed by atoms with van der Waals surface area (Å²) in [5.41, 5.74) is 2.52. The Morgan fingerprint density at radius 1 is 1.07 bits per heavy atom. The Bertz CT molecular complexity index is 1240. The Labute approximate surface area is 172 Å². The molecular formula is C23H16N4OS. The largest absolute Gasteiger partial charge is 0.297 e. The quantitative estimate of drug-likeness (QED) is 0.387. The van der Waals surface area contributed by atoms with Crippen LogP contribution in [-0.4, -0.2) is 15.9 Å². The number of amides is 1. The number of benzene rings is 2. The van der Waals surface area contributed by atoms with Gasteiger partial charge in [-0.1, -0.05) is 54.6 Å². The lowest BCUT2D eigenvalue weighted by Gasteiger charge is -2.01. The summed E-state index contributed by atoms with van der Waals surface area (Å²) < 4.78 is 0. The summed E-state index contributed by atoms with van der Waals surface area (Å²) in [6, 6.07) is 23.4. The first kappa shape index (κ1) is 18.5. The second kappa shape index (κ2) is 8.46. The molecule has 1 amide bonds. The molecule has 0 atom stereocenters. The number of carbonyl (C=O) groups excluding carboxylic acids is 1. The molecule has 2 heterocycles. The van der Waals surface area contributed by atoms with Crippen molar-refractivity contribution in [3.05, 3.63) is 94.6 Å². The average Bonchev–Trinajstić information content (AvgIpc) is 3.19. The number of carbonyl (C=O) groups is 1. The van der Waals surface area contributed by atoms with Gasteiger partial charge in [-0.15, -0.1) is 11.3 Å². The van der Waals surface area contributed by atoms with Gasteiger partial charge < -0.3 is 0 Å². The smallest absolute Gasteiger partial charge is 0.268 e. The third kappa shape index (κ3) is 4.54. The maximum atomic E-state index is 12.5. The second-order valence-corrected chi connectivity index (χ2v) is 7.46. The van der Waals surface area contributed by atoms with Gasteiger partial charge in [-0.2, -0.15) is 5.26 Å². The highest BCUT2D eigenvalue weighted by molar-refractivity contribution is 7.15. The van der Waals surface area contributed by atoms with Crippen molar-refractivity contribution in [2.45, 2.75) is 6.42 Å². The van der Waals surface area contributed by atoms with E-state index in [2.05, 4.69) is 15.3 Å². The van der Waals surface area contributed by atoms with Crippen molar-refractivity contribution in [1.29, 1.82) is 5.26 Å². The topological polar surface area (TPSA) is 78.7 Å². The predicted molar refractivity (Wildman–Crippen MR) is 115 cm³/mol. The van der Waals surface area contributed by atoms with Gasteiger partial charge >= 0.3 is 0 Å². The van der Waals surface area contributed by atoms with Crippen molar-refractivity contribution in [2.75, 3.05) is 5.32 Å². The number of para-hydroxylation sites is 1. The fraction of sp³-hybridized carbons (Fsp3) is 0.0435. The number of hydrogen-bond donors (Lipinski definition) is 1. The first-order chi connectivity index (χ1) is 14.2. The standard InChI is InChI=1S/C23H16N4OS/c24-14-18(13-19-11-10-17-8-4-5-9-21(17)26-19)22(28)27-23-25-15-20(29-23)12-16-6-2-1-3-7-16/h1-11,13,15H,12H2,(H,25,27,28). The number of fused-ring (bicyclic) bond motifs is 1. The van der Waals surface area contributed by atoms with Gasteiger partial charge in [0.25, 0.3) is 5.91 Å². The van der Waals surface area contributed by atoms with Crippen molar-refractivity contribution >= 4 is 39.4 Å². The maximum Gasteiger partial charge on any atom is 0.268 e. The van der Waals surface area contributed by atoms with Gasteiger partial charge in [0.2, 0.25) is 0 Å². The lowest BCUT2D eigenvalue weighted by molar-refractivity contribution is -0.112. The van der Waals surface area contributed by atoms with Crippen LogP contribution in [0.25, 0.3) is 17.0 Å². The number of thiazole rings is 1. The summed E-state index contributed by atoms with van der Waals surface area (Å²) in [4.78, 5) is 22.3. The number of rotatable bonds is 5. The lowest BCUT2D eigenvalue weighted by atomic mass is 10.1. The van der Waals surface area contributed by atoms with Crippen LogP contribution < -0.4 is 5.32 Å². The van der Waals surface area contributed by atoms with E-state index in [4.69, 9.17) is 0 Å². The Morgan fingerprint density at radius 3 is 2.69 bits per heavy atom. The zero-order chi connectivity index (χ0) is 20.1. The van der Waals surface area contributed by atoms with Crippen LogP contribution in [0.4, 0.5) is 5.13 Å².